The molecule has 132 valence electrons. The summed E-state index contributed by atoms with van der Waals surface area (Å²) in [6.45, 7) is 3.25. The van der Waals surface area contributed by atoms with E-state index in [2.05, 4.69) is 4.98 Å². The van der Waals surface area contributed by atoms with Crippen LogP contribution < -0.4 is 0 Å². The number of benzene rings is 1. The molecule has 0 bridgehead atoms. The van der Waals surface area contributed by atoms with Crippen LogP contribution >= 0.6 is 0 Å². The number of amides is 1. The number of halogens is 1. The molecule has 1 N–H and O–H groups in total. The number of likely N-dealkylation sites (tertiary alicyclic amines) is 1. The lowest BCUT2D eigenvalue weighted by molar-refractivity contribution is -0.132. The minimum atomic E-state index is -0.611. The Labute approximate surface area is 147 Å². The van der Waals surface area contributed by atoms with Gasteiger partial charge in [-0.25, -0.2) is 4.39 Å². The number of piperidine rings is 1. The molecule has 0 spiro atoms. The van der Waals surface area contributed by atoms with Crippen molar-refractivity contribution in [3.05, 3.63) is 65.2 Å². The van der Waals surface area contributed by atoms with Gasteiger partial charge in [0.2, 0.25) is 5.91 Å². The number of pyridine rings is 1. The van der Waals surface area contributed by atoms with Crippen molar-refractivity contribution in [1.29, 1.82) is 0 Å². The van der Waals surface area contributed by atoms with Crippen LogP contribution in [-0.2, 0) is 11.2 Å². The van der Waals surface area contributed by atoms with Crippen LogP contribution in [0.4, 0.5) is 4.39 Å². The molecular formula is C20H23FN2O2. The van der Waals surface area contributed by atoms with E-state index in [1.54, 1.807) is 24.5 Å². The monoisotopic (exact) mass is 342 g/mol. The van der Waals surface area contributed by atoms with E-state index < -0.39 is 6.10 Å². The molecule has 1 aromatic carbocycles. The van der Waals surface area contributed by atoms with E-state index in [9.17, 15) is 14.3 Å². The molecule has 25 heavy (non-hydrogen) atoms. The molecule has 1 fully saturated rings. The Morgan fingerprint density at radius 1 is 1.28 bits per heavy atom. The third-order valence-electron chi connectivity index (χ3n) is 5.03. The van der Waals surface area contributed by atoms with Crippen molar-refractivity contribution in [3.8, 4) is 0 Å². The van der Waals surface area contributed by atoms with E-state index >= 15 is 0 Å². The molecule has 1 saturated heterocycles. The van der Waals surface area contributed by atoms with Crippen LogP contribution in [0.5, 0.6) is 0 Å². The molecule has 1 aliphatic rings. The minimum Gasteiger partial charge on any atom is -0.388 e. The number of hydrogen-bond donors (Lipinski definition) is 1. The van der Waals surface area contributed by atoms with Gasteiger partial charge in [0.25, 0.3) is 0 Å². The maximum absolute atomic E-state index is 13.0. The Bertz CT molecular complexity index is 725. The highest BCUT2D eigenvalue weighted by molar-refractivity contribution is 5.79. The lowest BCUT2D eigenvalue weighted by atomic mass is 9.87. The number of nitrogens with zero attached hydrogens (tertiary/aromatic N) is 2. The Balaban J connectivity index is 1.55. The van der Waals surface area contributed by atoms with Gasteiger partial charge in [0.15, 0.2) is 0 Å². The van der Waals surface area contributed by atoms with Gasteiger partial charge in [0.05, 0.1) is 12.5 Å². The third-order valence-corrected chi connectivity index (χ3v) is 5.03. The van der Waals surface area contributed by atoms with Crippen molar-refractivity contribution in [2.75, 3.05) is 13.1 Å². The van der Waals surface area contributed by atoms with Crippen LogP contribution in [0.15, 0.2) is 42.7 Å². The van der Waals surface area contributed by atoms with Crippen molar-refractivity contribution in [2.45, 2.75) is 32.3 Å². The Hall–Kier alpha value is -2.27. The van der Waals surface area contributed by atoms with Crippen molar-refractivity contribution in [3.63, 3.8) is 0 Å². The van der Waals surface area contributed by atoms with Gasteiger partial charge in [-0.15, -0.1) is 0 Å². The fourth-order valence-corrected chi connectivity index (χ4v) is 3.37. The van der Waals surface area contributed by atoms with E-state index in [0.29, 0.717) is 19.5 Å². The second kappa shape index (κ2) is 7.74. The summed E-state index contributed by atoms with van der Waals surface area (Å²) < 4.78 is 13.0. The predicted octanol–water partition coefficient (Wildman–Crippen LogP) is 3.04. The largest absolute Gasteiger partial charge is 0.388 e. The first-order chi connectivity index (χ1) is 12.0. The third kappa shape index (κ3) is 4.23. The zero-order valence-corrected chi connectivity index (χ0v) is 14.4. The summed E-state index contributed by atoms with van der Waals surface area (Å²) in [6.07, 6.45) is 4.76. The first-order valence-electron chi connectivity index (χ1n) is 8.65. The van der Waals surface area contributed by atoms with E-state index in [1.165, 1.54) is 12.1 Å². The molecular weight excluding hydrogens is 319 g/mol. The van der Waals surface area contributed by atoms with Crippen molar-refractivity contribution >= 4 is 5.91 Å². The highest BCUT2D eigenvalue weighted by Gasteiger charge is 2.28. The zero-order valence-electron chi connectivity index (χ0n) is 14.4. The molecule has 1 aromatic heterocycles. The van der Waals surface area contributed by atoms with Gasteiger partial charge in [-0.1, -0.05) is 12.1 Å². The van der Waals surface area contributed by atoms with Crippen LogP contribution in [0.25, 0.3) is 0 Å². The molecule has 0 aliphatic carbocycles. The second-order valence-corrected chi connectivity index (χ2v) is 6.69. The maximum atomic E-state index is 13.0. The molecule has 1 amide bonds. The highest BCUT2D eigenvalue weighted by Crippen LogP contribution is 2.31. The van der Waals surface area contributed by atoms with Crippen molar-refractivity contribution in [1.82, 2.24) is 9.88 Å². The van der Waals surface area contributed by atoms with Gasteiger partial charge < -0.3 is 10.0 Å². The second-order valence-electron chi connectivity index (χ2n) is 6.69. The molecule has 1 atom stereocenters. The van der Waals surface area contributed by atoms with E-state index in [-0.39, 0.29) is 17.6 Å². The molecule has 5 heteroatoms. The average Bonchev–Trinajstić information content (AvgIpc) is 2.64. The van der Waals surface area contributed by atoms with Gasteiger partial charge in [0, 0.05) is 25.5 Å². The summed E-state index contributed by atoms with van der Waals surface area (Å²) in [5.41, 5.74) is 2.77. The number of rotatable bonds is 4. The summed E-state index contributed by atoms with van der Waals surface area (Å²) >= 11 is 0. The number of carbonyl (C=O) groups is 1. The smallest absolute Gasteiger partial charge is 0.227 e. The summed E-state index contributed by atoms with van der Waals surface area (Å²) in [5.74, 6) is -0.0935. The molecule has 2 heterocycles. The lowest BCUT2D eigenvalue weighted by Crippen LogP contribution is -2.40. The Morgan fingerprint density at radius 3 is 2.60 bits per heavy atom. The number of hydrogen-bond acceptors (Lipinski definition) is 3. The van der Waals surface area contributed by atoms with Crippen LogP contribution in [-0.4, -0.2) is 34.0 Å². The Kier molecular flexibility index (Phi) is 5.43. The molecule has 4 nitrogen and oxygen atoms in total. The predicted molar refractivity (Wildman–Crippen MR) is 93.3 cm³/mol. The first kappa shape index (κ1) is 17.5. The first-order valence-corrected chi connectivity index (χ1v) is 8.65. The molecule has 0 saturated carbocycles. The summed E-state index contributed by atoms with van der Waals surface area (Å²) in [7, 11) is 0. The van der Waals surface area contributed by atoms with Gasteiger partial charge in [-0.2, -0.15) is 0 Å². The molecule has 0 unspecified atom stereocenters. The topological polar surface area (TPSA) is 53.4 Å². The lowest BCUT2D eigenvalue weighted by Gasteiger charge is -2.34. The fraction of sp³-hybridized carbons (Fsp3) is 0.400. The SMILES string of the molecule is Cc1cnccc1CC(=O)N1CCC([C@@H](O)c2ccc(F)cc2)CC1. The van der Waals surface area contributed by atoms with E-state index in [4.69, 9.17) is 0 Å². The zero-order chi connectivity index (χ0) is 17.8. The van der Waals surface area contributed by atoms with Crippen LogP contribution in [0, 0.1) is 18.7 Å². The van der Waals surface area contributed by atoms with Crippen LogP contribution in [0.1, 0.15) is 35.6 Å². The fourth-order valence-electron chi connectivity index (χ4n) is 3.37. The maximum Gasteiger partial charge on any atom is 0.227 e. The van der Waals surface area contributed by atoms with Crippen molar-refractivity contribution < 1.29 is 14.3 Å². The number of aliphatic hydroxyl groups excluding tert-OH is 1. The van der Waals surface area contributed by atoms with E-state index in [1.807, 2.05) is 17.9 Å². The van der Waals surface area contributed by atoms with Gasteiger partial charge >= 0.3 is 0 Å². The number of carbonyl (C=O) groups excluding carboxylic acids is 1. The standard InChI is InChI=1S/C20H23FN2O2/c1-14-13-22-9-6-17(14)12-19(24)23-10-7-16(8-11-23)20(25)15-2-4-18(21)5-3-15/h2-6,9,13,16,20,25H,7-8,10-12H2,1H3/t20-/m0/s1. The number of aryl methyl sites for hydroxylation is 1. The Morgan fingerprint density at radius 2 is 1.96 bits per heavy atom. The molecule has 2 aromatic rings. The number of aliphatic hydroxyl groups is 1. The molecule has 0 radical (unpaired) electrons. The number of aromatic nitrogens is 1. The quantitative estimate of drug-likeness (QED) is 0.929. The van der Waals surface area contributed by atoms with Gasteiger partial charge in [-0.3, -0.25) is 9.78 Å². The summed E-state index contributed by atoms with van der Waals surface area (Å²) in [6, 6.07) is 7.88. The van der Waals surface area contributed by atoms with E-state index in [0.717, 1.165) is 29.5 Å². The highest BCUT2D eigenvalue weighted by atomic mass is 19.1. The average molecular weight is 342 g/mol. The van der Waals surface area contributed by atoms with Crippen LogP contribution in [0.3, 0.4) is 0 Å². The minimum absolute atomic E-state index is 0.0946. The molecule has 1 aliphatic heterocycles. The van der Waals surface area contributed by atoms with Gasteiger partial charge in [0.1, 0.15) is 5.82 Å². The summed E-state index contributed by atoms with van der Waals surface area (Å²) in [5, 5.41) is 10.5. The molecule has 3 rings (SSSR count). The normalized spacial score (nSPS) is 16.7. The van der Waals surface area contributed by atoms with Crippen molar-refractivity contribution in [2.24, 2.45) is 5.92 Å². The van der Waals surface area contributed by atoms with Crippen LogP contribution in [0.2, 0.25) is 0 Å². The summed E-state index contributed by atoms with van der Waals surface area (Å²) in [4.78, 5) is 18.4. The van der Waals surface area contributed by atoms with Gasteiger partial charge in [-0.05, 0) is 60.6 Å².